The van der Waals surface area contributed by atoms with Crippen LogP contribution in [0.4, 0.5) is 9.93 Å². The molecule has 4 aromatic rings. The van der Waals surface area contributed by atoms with Crippen LogP contribution in [0.1, 0.15) is 36.4 Å². The third-order valence-corrected chi connectivity index (χ3v) is 6.04. The number of amides is 1. The Bertz CT molecular complexity index is 1280. The van der Waals surface area contributed by atoms with Gasteiger partial charge in [0.2, 0.25) is 22.3 Å². The summed E-state index contributed by atoms with van der Waals surface area (Å²) in [6, 6.07) is 28.8. The fourth-order valence-corrected chi connectivity index (χ4v) is 4.34. The van der Waals surface area contributed by atoms with Gasteiger partial charge in [-0.3, -0.25) is 5.32 Å². The molecule has 9 nitrogen and oxygen atoms in total. The molecule has 1 aromatic heterocycles. The van der Waals surface area contributed by atoms with Crippen LogP contribution in [0.5, 0.6) is 0 Å². The van der Waals surface area contributed by atoms with Gasteiger partial charge in [-0.05, 0) is 13.8 Å². The van der Waals surface area contributed by atoms with E-state index in [9.17, 15) is 9.59 Å². The van der Waals surface area contributed by atoms with E-state index in [2.05, 4.69) is 19.8 Å². The number of nitrogens with one attached hydrogen (secondary N) is 1. The van der Waals surface area contributed by atoms with Crippen LogP contribution < -0.4 is 5.32 Å². The van der Waals surface area contributed by atoms with Crippen molar-refractivity contribution in [3.8, 4) is 0 Å². The van der Waals surface area contributed by atoms with E-state index in [-0.39, 0.29) is 29.9 Å². The van der Waals surface area contributed by atoms with Crippen molar-refractivity contribution in [3.05, 3.63) is 114 Å². The lowest BCUT2D eigenvalue weighted by Gasteiger charge is -2.33. The van der Waals surface area contributed by atoms with E-state index in [0.717, 1.165) is 28.2 Å². The lowest BCUT2D eigenvalue weighted by molar-refractivity contribution is -0.135. The number of nitrogens with zero attached hydrogens (tertiary/aromatic N) is 3. The molecule has 0 spiro atoms. The minimum atomic E-state index is -1.22. The molecule has 0 atom stereocenters. The Kier molecular flexibility index (Phi) is 8.78. The molecule has 0 aliphatic rings. The van der Waals surface area contributed by atoms with Crippen molar-refractivity contribution >= 4 is 34.4 Å². The first-order chi connectivity index (χ1) is 18.6. The second-order valence-electron chi connectivity index (χ2n) is 7.80. The SMILES string of the molecule is CCOC(=O)Nc1nc(/C(=N\OC(c2ccccc2)(c2ccccc2)c2ccccc2)C(=O)OCC)ns1. The molecule has 0 aliphatic heterocycles. The maximum Gasteiger partial charge on any atom is 0.413 e. The van der Waals surface area contributed by atoms with E-state index in [0.29, 0.717) is 0 Å². The van der Waals surface area contributed by atoms with Crippen molar-refractivity contribution in [2.45, 2.75) is 19.4 Å². The van der Waals surface area contributed by atoms with Gasteiger partial charge < -0.3 is 14.3 Å². The van der Waals surface area contributed by atoms with Crippen molar-refractivity contribution < 1.29 is 23.9 Å². The highest BCUT2D eigenvalue weighted by molar-refractivity contribution is 7.10. The molecule has 1 N–H and O–H groups in total. The fourth-order valence-electron chi connectivity index (χ4n) is 3.78. The summed E-state index contributed by atoms with van der Waals surface area (Å²) in [7, 11) is 0. The number of carbonyl (C=O) groups excluding carboxylic acids is 2. The molecule has 4 rings (SSSR count). The van der Waals surface area contributed by atoms with Gasteiger partial charge >= 0.3 is 12.1 Å². The van der Waals surface area contributed by atoms with E-state index in [1.165, 1.54) is 0 Å². The number of esters is 1. The summed E-state index contributed by atoms with van der Waals surface area (Å²) in [6.45, 7) is 3.67. The summed E-state index contributed by atoms with van der Waals surface area (Å²) in [5.74, 6) is -0.820. The van der Waals surface area contributed by atoms with Gasteiger partial charge in [-0.1, -0.05) is 96.2 Å². The maximum absolute atomic E-state index is 13.0. The Morgan fingerprint density at radius 1 is 0.816 bits per heavy atom. The summed E-state index contributed by atoms with van der Waals surface area (Å²) < 4.78 is 14.3. The highest BCUT2D eigenvalue weighted by atomic mass is 32.1. The number of aromatic nitrogens is 2. The van der Waals surface area contributed by atoms with Crippen molar-refractivity contribution in [3.63, 3.8) is 0 Å². The molecular formula is C28H26N4O5S. The lowest BCUT2D eigenvalue weighted by Crippen LogP contribution is -2.32. The van der Waals surface area contributed by atoms with Crippen LogP contribution in [-0.2, 0) is 24.7 Å². The number of carbonyl (C=O) groups is 2. The Hall–Kier alpha value is -4.57. The number of benzene rings is 3. The number of oxime groups is 1. The summed E-state index contributed by atoms with van der Waals surface area (Å²) >= 11 is 0.873. The third kappa shape index (κ3) is 5.87. The van der Waals surface area contributed by atoms with Crippen LogP contribution in [0.2, 0.25) is 0 Å². The topological polar surface area (TPSA) is 112 Å². The number of hydrogen-bond donors (Lipinski definition) is 1. The average Bonchev–Trinajstić information content (AvgIpc) is 3.40. The molecule has 1 amide bonds. The molecule has 0 unspecified atom stereocenters. The Labute approximate surface area is 224 Å². The van der Waals surface area contributed by atoms with Crippen molar-refractivity contribution in [2.24, 2.45) is 5.16 Å². The highest BCUT2D eigenvalue weighted by Gasteiger charge is 2.40. The molecule has 194 valence electrons. The van der Waals surface area contributed by atoms with Crippen molar-refractivity contribution in [2.75, 3.05) is 18.5 Å². The maximum atomic E-state index is 13.0. The number of ether oxygens (including phenoxy) is 2. The largest absolute Gasteiger partial charge is 0.461 e. The van der Waals surface area contributed by atoms with Crippen molar-refractivity contribution in [1.29, 1.82) is 0 Å². The molecule has 0 aliphatic carbocycles. The van der Waals surface area contributed by atoms with Crippen LogP contribution in [0.25, 0.3) is 0 Å². The van der Waals surface area contributed by atoms with Gasteiger partial charge in [0.1, 0.15) is 0 Å². The van der Waals surface area contributed by atoms with Gasteiger partial charge in [-0.25, -0.2) is 9.59 Å². The van der Waals surface area contributed by atoms with Crippen LogP contribution in [0.3, 0.4) is 0 Å². The first kappa shape index (κ1) is 26.5. The molecule has 0 saturated heterocycles. The zero-order chi connectivity index (χ0) is 26.8. The molecule has 0 radical (unpaired) electrons. The van der Waals surface area contributed by atoms with E-state index < -0.39 is 17.7 Å². The van der Waals surface area contributed by atoms with E-state index >= 15 is 0 Å². The minimum absolute atomic E-state index is 0.0525. The van der Waals surface area contributed by atoms with Gasteiger partial charge in [0, 0.05) is 28.2 Å². The summed E-state index contributed by atoms with van der Waals surface area (Å²) in [6.07, 6.45) is -0.683. The van der Waals surface area contributed by atoms with Gasteiger partial charge in [-0.15, -0.1) is 0 Å². The lowest BCUT2D eigenvalue weighted by atomic mass is 9.80. The average molecular weight is 531 g/mol. The second-order valence-corrected chi connectivity index (χ2v) is 8.55. The molecule has 1 heterocycles. The van der Waals surface area contributed by atoms with Gasteiger partial charge in [0.25, 0.3) is 0 Å². The molecule has 0 bridgehead atoms. The number of anilines is 1. The number of rotatable bonds is 10. The quantitative estimate of drug-likeness (QED) is 0.127. The van der Waals surface area contributed by atoms with Gasteiger partial charge in [0.05, 0.1) is 13.2 Å². The third-order valence-electron chi connectivity index (χ3n) is 5.41. The summed E-state index contributed by atoms with van der Waals surface area (Å²) in [4.78, 5) is 35.4. The predicted octanol–water partition coefficient (Wildman–Crippen LogP) is 5.38. The van der Waals surface area contributed by atoms with Crippen LogP contribution >= 0.6 is 11.5 Å². The monoisotopic (exact) mass is 530 g/mol. The first-order valence-electron chi connectivity index (χ1n) is 12.0. The predicted molar refractivity (Wildman–Crippen MR) is 144 cm³/mol. The standard InChI is InChI=1S/C28H26N4O5S/c1-3-35-25(33)23(24-29-26(38-32-24)30-27(34)36-4-2)31-37-28(20-14-8-5-9-15-20,21-16-10-6-11-17-21)22-18-12-7-13-19-22/h5-19H,3-4H2,1-2H3,(H,29,30,32,34)/b31-23+. The molecule has 3 aromatic carbocycles. The van der Waals surface area contributed by atoms with Gasteiger partial charge in [0.15, 0.2) is 0 Å². The Morgan fingerprint density at radius 3 is 1.79 bits per heavy atom. The van der Waals surface area contributed by atoms with Crippen LogP contribution in [-0.4, -0.2) is 40.3 Å². The Morgan fingerprint density at radius 2 is 1.32 bits per heavy atom. The number of hydrogen-bond acceptors (Lipinski definition) is 9. The molecule has 0 fully saturated rings. The highest BCUT2D eigenvalue weighted by Crippen LogP contribution is 2.40. The van der Waals surface area contributed by atoms with Crippen LogP contribution in [0, 0.1) is 0 Å². The summed E-state index contributed by atoms with van der Waals surface area (Å²) in [5, 5.41) is 6.93. The summed E-state index contributed by atoms with van der Waals surface area (Å²) in [5.41, 5.74) is 0.914. The molecule has 38 heavy (non-hydrogen) atoms. The molecule has 10 heteroatoms. The second kappa shape index (κ2) is 12.6. The smallest absolute Gasteiger partial charge is 0.413 e. The van der Waals surface area contributed by atoms with Crippen LogP contribution in [0.15, 0.2) is 96.2 Å². The zero-order valence-electron chi connectivity index (χ0n) is 20.9. The first-order valence-corrected chi connectivity index (χ1v) is 12.7. The normalized spacial score (nSPS) is 11.5. The minimum Gasteiger partial charge on any atom is -0.461 e. The van der Waals surface area contributed by atoms with E-state index in [4.69, 9.17) is 14.3 Å². The van der Waals surface area contributed by atoms with Crippen molar-refractivity contribution in [1.82, 2.24) is 9.36 Å². The zero-order valence-corrected chi connectivity index (χ0v) is 21.7. The van der Waals surface area contributed by atoms with E-state index in [1.54, 1.807) is 13.8 Å². The molecule has 0 saturated carbocycles. The Balaban J connectivity index is 1.84. The molecular weight excluding hydrogens is 504 g/mol. The van der Waals surface area contributed by atoms with E-state index in [1.807, 2.05) is 91.0 Å². The van der Waals surface area contributed by atoms with Gasteiger partial charge in [-0.2, -0.15) is 9.36 Å². The fraction of sp³-hybridized carbons (Fsp3) is 0.179.